The standard InChI is InChI=1S/C40H38F2N2O6/c1-25(2)44-35(21-18-32(45)22-33(46)23-36(47)48)37(27-8-12-29(41)13-9-27)38(28-10-14-30(42)15-11-28)39(44)40(49)43-31-16-19-34(20-17-31)50-24-26-6-4-3-5-7-26/h3-21,25,32-33,45-46H,22-24H2,1-2H3,(H,43,49)(H,47,48)/t32-,33-/m1/s1. The van der Waals surface area contributed by atoms with Crippen LogP contribution in [0.5, 0.6) is 5.75 Å². The van der Waals surface area contributed by atoms with Gasteiger partial charge in [0.25, 0.3) is 5.91 Å². The summed E-state index contributed by atoms with van der Waals surface area (Å²) < 4.78 is 36.0. The number of aliphatic hydroxyl groups excluding tert-OH is 2. The van der Waals surface area contributed by atoms with Crippen molar-refractivity contribution in [3.8, 4) is 28.0 Å². The molecule has 1 amide bonds. The van der Waals surface area contributed by atoms with E-state index in [0.29, 0.717) is 46.0 Å². The molecule has 0 radical (unpaired) electrons. The number of aromatic nitrogens is 1. The van der Waals surface area contributed by atoms with E-state index in [-0.39, 0.29) is 18.2 Å². The van der Waals surface area contributed by atoms with Gasteiger partial charge in [0.1, 0.15) is 29.7 Å². The van der Waals surface area contributed by atoms with Crippen molar-refractivity contribution in [3.63, 3.8) is 0 Å². The summed E-state index contributed by atoms with van der Waals surface area (Å²) in [5.74, 6) is -1.99. The molecule has 10 heteroatoms. The molecule has 0 aliphatic heterocycles. The number of carbonyl (C=O) groups excluding carboxylic acids is 1. The number of rotatable bonds is 14. The second-order valence-corrected chi connectivity index (χ2v) is 12.1. The van der Waals surface area contributed by atoms with Gasteiger partial charge in [0, 0.05) is 35.0 Å². The Morgan fingerprint density at radius 3 is 1.96 bits per heavy atom. The molecule has 4 aromatic carbocycles. The average Bonchev–Trinajstić information content (AvgIpc) is 3.43. The number of aliphatic hydroxyl groups is 2. The summed E-state index contributed by atoms with van der Waals surface area (Å²) in [6, 6.07) is 27.8. The molecule has 2 atom stereocenters. The van der Waals surface area contributed by atoms with Crippen molar-refractivity contribution >= 4 is 23.6 Å². The normalized spacial score (nSPS) is 12.6. The lowest BCUT2D eigenvalue weighted by Gasteiger charge is -2.17. The number of carbonyl (C=O) groups is 2. The van der Waals surface area contributed by atoms with Crippen LogP contribution in [0.1, 0.15) is 54.5 Å². The smallest absolute Gasteiger partial charge is 0.305 e. The van der Waals surface area contributed by atoms with E-state index < -0.39 is 42.1 Å². The van der Waals surface area contributed by atoms with Crippen molar-refractivity contribution in [3.05, 3.63) is 138 Å². The van der Waals surface area contributed by atoms with Gasteiger partial charge in [-0.3, -0.25) is 9.59 Å². The molecule has 0 aliphatic carbocycles. The number of carboxylic acid groups (broad SMARTS) is 1. The van der Waals surface area contributed by atoms with E-state index in [9.17, 15) is 28.6 Å². The van der Waals surface area contributed by atoms with Crippen LogP contribution in [0.2, 0.25) is 0 Å². The Morgan fingerprint density at radius 1 is 0.820 bits per heavy atom. The van der Waals surface area contributed by atoms with E-state index in [1.807, 2.05) is 44.2 Å². The monoisotopic (exact) mass is 680 g/mol. The number of aliphatic carboxylic acids is 1. The summed E-state index contributed by atoms with van der Waals surface area (Å²) in [4.78, 5) is 25.4. The van der Waals surface area contributed by atoms with E-state index in [4.69, 9.17) is 9.84 Å². The van der Waals surface area contributed by atoms with Gasteiger partial charge in [-0.2, -0.15) is 0 Å². The Kier molecular flexibility index (Phi) is 11.6. The zero-order chi connectivity index (χ0) is 35.8. The summed E-state index contributed by atoms with van der Waals surface area (Å²) in [6.45, 7) is 4.14. The highest BCUT2D eigenvalue weighted by molar-refractivity contribution is 6.12. The molecule has 0 saturated carbocycles. The van der Waals surface area contributed by atoms with E-state index >= 15 is 0 Å². The number of ether oxygens (including phenoxy) is 1. The van der Waals surface area contributed by atoms with Crippen molar-refractivity contribution in [2.24, 2.45) is 0 Å². The van der Waals surface area contributed by atoms with Crippen molar-refractivity contribution in [1.82, 2.24) is 4.57 Å². The second-order valence-electron chi connectivity index (χ2n) is 12.1. The van der Waals surface area contributed by atoms with Crippen molar-refractivity contribution in [2.75, 3.05) is 5.32 Å². The minimum Gasteiger partial charge on any atom is -0.489 e. The first-order valence-electron chi connectivity index (χ1n) is 16.1. The number of anilines is 1. The Morgan fingerprint density at radius 2 is 1.40 bits per heavy atom. The molecule has 5 aromatic rings. The summed E-state index contributed by atoms with van der Waals surface area (Å²) in [5, 5.41) is 32.9. The topological polar surface area (TPSA) is 121 Å². The fraction of sp³-hybridized carbons (Fsp3) is 0.200. The number of nitrogens with zero attached hydrogens (tertiary/aromatic N) is 1. The first-order valence-corrected chi connectivity index (χ1v) is 16.1. The molecule has 1 aromatic heterocycles. The van der Waals surface area contributed by atoms with E-state index in [1.165, 1.54) is 30.3 Å². The fourth-order valence-corrected chi connectivity index (χ4v) is 5.75. The third-order valence-corrected chi connectivity index (χ3v) is 8.00. The van der Waals surface area contributed by atoms with Crippen LogP contribution in [-0.4, -0.2) is 44.0 Å². The minimum absolute atomic E-state index is 0.232. The highest BCUT2D eigenvalue weighted by Crippen LogP contribution is 2.43. The number of nitrogens with one attached hydrogen (secondary N) is 1. The highest BCUT2D eigenvalue weighted by Gasteiger charge is 2.30. The molecule has 0 bridgehead atoms. The molecule has 0 spiro atoms. The molecule has 8 nitrogen and oxygen atoms in total. The zero-order valence-electron chi connectivity index (χ0n) is 27.6. The Labute approximate surface area is 288 Å². The predicted molar refractivity (Wildman–Crippen MR) is 189 cm³/mol. The molecule has 5 rings (SSSR count). The summed E-state index contributed by atoms with van der Waals surface area (Å²) in [7, 11) is 0. The molecular formula is C40H38F2N2O6. The highest BCUT2D eigenvalue weighted by atomic mass is 19.1. The van der Waals surface area contributed by atoms with Gasteiger partial charge in [-0.25, -0.2) is 8.78 Å². The molecule has 258 valence electrons. The largest absolute Gasteiger partial charge is 0.489 e. The van der Waals surface area contributed by atoms with Gasteiger partial charge in [0.05, 0.1) is 18.6 Å². The molecule has 50 heavy (non-hydrogen) atoms. The maximum Gasteiger partial charge on any atom is 0.305 e. The van der Waals surface area contributed by atoms with Crippen LogP contribution < -0.4 is 10.1 Å². The van der Waals surface area contributed by atoms with Crippen LogP contribution in [0.4, 0.5) is 14.5 Å². The number of hydrogen-bond acceptors (Lipinski definition) is 5. The number of benzene rings is 4. The van der Waals surface area contributed by atoms with Crippen molar-refractivity contribution < 1.29 is 38.4 Å². The lowest BCUT2D eigenvalue weighted by molar-refractivity contribution is -0.139. The van der Waals surface area contributed by atoms with Crippen LogP contribution in [0.3, 0.4) is 0 Å². The molecule has 0 unspecified atom stereocenters. The molecular weight excluding hydrogens is 642 g/mol. The van der Waals surface area contributed by atoms with Crippen LogP contribution in [0.25, 0.3) is 28.3 Å². The van der Waals surface area contributed by atoms with Gasteiger partial charge >= 0.3 is 5.97 Å². The molecule has 0 saturated heterocycles. The van der Waals surface area contributed by atoms with Gasteiger partial charge in [0.15, 0.2) is 0 Å². The number of hydrogen-bond donors (Lipinski definition) is 4. The van der Waals surface area contributed by atoms with Crippen molar-refractivity contribution in [1.29, 1.82) is 0 Å². The van der Waals surface area contributed by atoms with E-state index in [2.05, 4.69) is 5.32 Å². The Balaban J connectivity index is 1.59. The van der Waals surface area contributed by atoms with E-state index in [1.54, 1.807) is 59.2 Å². The van der Waals surface area contributed by atoms with Crippen LogP contribution in [0.15, 0.2) is 109 Å². The van der Waals surface area contributed by atoms with Crippen LogP contribution in [0, 0.1) is 11.6 Å². The average molecular weight is 681 g/mol. The first-order chi connectivity index (χ1) is 24.0. The minimum atomic E-state index is -1.29. The van der Waals surface area contributed by atoms with Gasteiger partial charge in [-0.15, -0.1) is 0 Å². The lowest BCUT2D eigenvalue weighted by Crippen LogP contribution is -2.20. The molecule has 0 aliphatic rings. The lowest BCUT2D eigenvalue weighted by atomic mass is 9.94. The second kappa shape index (κ2) is 16.2. The Bertz CT molecular complexity index is 1940. The molecule has 4 N–H and O–H groups in total. The summed E-state index contributed by atoms with van der Waals surface area (Å²) in [5.41, 5.74) is 4.26. The summed E-state index contributed by atoms with van der Waals surface area (Å²) >= 11 is 0. The zero-order valence-corrected chi connectivity index (χ0v) is 27.6. The SMILES string of the molecule is CC(C)n1c(C=C[C@@H](O)C[C@@H](O)CC(=O)O)c(-c2ccc(F)cc2)c(-c2ccc(F)cc2)c1C(=O)Nc1ccc(OCc2ccccc2)cc1. The van der Waals surface area contributed by atoms with Crippen LogP contribution >= 0.6 is 0 Å². The van der Waals surface area contributed by atoms with Crippen LogP contribution in [-0.2, 0) is 11.4 Å². The third kappa shape index (κ3) is 8.90. The van der Waals surface area contributed by atoms with Gasteiger partial charge < -0.3 is 29.9 Å². The Hall–Kier alpha value is -5.58. The van der Waals surface area contributed by atoms with E-state index in [0.717, 1.165) is 5.56 Å². The van der Waals surface area contributed by atoms with Gasteiger partial charge in [0.2, 0.25) is 0 Å². The van der Waals surface area contributed by atoms with Gasteiger partial charge in [-0.05, 0) is 85.1 Å². The quantitative estimate of drug-likeness (QED) is 0.0941. The third-order valence-electron chi connectivity index (χ3n) is 8.00. The molecule has 0 fully saturated rings. The maximum absolute atomic E-state index is 14.4. The predicted octanol–water partition coefficient (Wildman–Crippen LogP) is 8.11. The van der Waals surface area contributed by atoms with Gasteiger partial charge in [-0.1, -0.05) is 60.7 Å². The fourth-order valence-electron chi connectivity index (χ4n) is 5.75. The number of carboxylic acids is 1. The van der Waals surface area contributed by atoms with Crippen molar-refractivity contribution in [2.45, 2.75) is 51.5 Å². The molecule has 1 heterocycles. The maximum atomic E-state index is 14.4. The number of amides is 1. The number of halogens is 2. The first kappa shape index (κ1) is 35.7. The summed E-state index contributed by atoms with van der Waals surface area (Å²) in [6.07, 6.45) is -0.272.